The zero-order valence-electron chi connectivity index (χ0n) is 48.7. The number of benzene rings is 3. The smallest absolute Gasteiger partial charge is 0.340 e. The topological polar surface area (TPSA) is 227 Å². The first-order valence-electron chi connectivity index (χ1n) is 28.3. The molecule has 0 bridgehead atoms. The number of hydrogen-bond donors (Lipinski definition) is 7. The van der Waals surface area contributed by atoms with E-state index >= 15 is 0 Å². The van der Waals surface area contributed by atoms with E-state index in [1.165, 1.54) is 19.1 Å². The third-order valence-electron chi connectivity index (χ3n) is 18.2. The second-order valence-corrected chi connectivity index (χ2v) is 25.4. The van der Waals surface area contributed by atoms with E-state index in [1.807, 2.05) is 77.9 Å². The van der Waals surface area contributed by atoms with Crippen molar-refractivity contribution in [3.63, 3.8) is 0 Å². The molecule has 0 amide bonds. The lowest BCUT2D eigenvalue weighted by Crippen LogP contribution is -2.62. The van der Waals surface area contributed by atoms with Crippen molar-refractivity contribution in [2.24, 2.45) is 29.6 Å². The Bertz CT molecular complexity index is 2720. The van der Waals surface area contributed by atoms with Gasteiger partial charge >= 0.3 is 11.9 Å². The van der Waals surface area contributed by atoms with Crippen LogP contribution >= 0.6 is 12.2 Å². The van der Waals surface area contributed by atoms with Crippen LogP contribution in [0, 0.1) is 29.6 Å². The van der Waals surface area contributed by atoms with Gasteiger partial charge in [0.15, 0.2) is 17.0 Å². The maximum Gasteiger partial charge on any atom is 0.340 e. The molecule has 1 spiro atoms. The van der Waals surface area contributed by atoms with E-state index in [0.29, 0.717) is 53.1 Å². The zero-order valence-corrected chi connectivity index (χ0v) is 49.6. The SMILES string of the molecule is CC[C@H]1OC(=O)[C@H](C)[C@@H](C2C[C@@](C)(OC)C[C@H](C)O2)[C@H](C)[C@@H](O[C@@H]2OC(C)C[C@H](N(C)C)[C@H]2O)[C@](C)(O)C[C@@H](C)[C@H](NC(=S)Nc2ccc3c(c2)C(=O)O[C@]32c3ccc(O)cc3Oc3cc(C(C)C)ccc32)[C@H](C)C(O)[C@]1(C)O. The van der Waals surface area contributed by atoms with Gasteiger partial charge in [-0.3, -0.25) is 4.79 Å². The van der Waals surface area contributed by atoms with Gasteiger partial charge in [0.25, 0.3) is 0 Å². The number of aliphatic hydroxyl groups excluding tert-OH is 2. The van der Waals surface area contributed by atoms with Gasteiger partial charge in [-0.05, 0) is 134 Å². The number of ether oxygens (including phenoxy) is 7. The summed E-state index contributed by atoms with van der Waals surface area (Å²) in [5.41, 5.74) is -2.23. The van der Waals surface area contributed by atoms with Gasteiger partial charge in [-0.25, -0.2) is 4.79 Å². The molecule has 3 unspecified atom stereocenters. The number of anilines is 1. The standard InChI is InChI=1S/C61H87N3O14S/c1-16-48-60(12,71)52(67)36(9)50(63-57(79)62-38-18-21-41-40(25-38)55(69)78-61(41)42-20-17-37(30(2)3)24-45(42)75-46-26-39(65)19-22-43(46)61)31(4)27-59(11,70)53(77-56-51(66)44(64(13)14)23-32(5)74-56)34(7)49(35(8)54(68)76-48)47-29-58(10,72-15)28-33(6)73-47/h17-22,24-26,30-36,44,47-53,56,65-67,70-71H,16,23,27-29H2,1-15H3,(H2,62,63,79)/t31-,32?,33+,34+,35-,36+,44+,47?,48-,49+,50+,51-,52?,53-,56+,58+,59-,60-,61-/m1/s1. The van der Waals surface area contributed by atoms with Gasteiger partial charge in [-0.2, -0.15) is 0 Å². The summed E-state index contributed by atoms with van der Waals surface area (Å²) in [6.45, 7) is 22.4. The first-order chi connectivity index (χ1) is 37.0. The van der Waals surface area contributed by atoms with Gasteiger partial charge in [0.05, 0.1) is 53.2 Å². The van der Waals surface area contributed by atoms with E-state index in [9.17, 15) is 35.1 Å². The highest BCUT2D eigenvalue weighted by molar-refractivity contribution is 7.80. The Morgan fingerprint density at radius 2 is 1.52 bits per heavy atom. The number of methoxy groups -OCH3 is 1. The number of likely N-dealkylation sites (N-methyl/N-ethyl adjacent to an activating group) is 1. The number of fused-ring (bicyclic) bond motifs is 6. The predicted octanol–water partition coefficient (Wildman–Crippen LogP) is 8.27. The highest BCUT2D eigenvalue weighted by atomic mass is 32.1. The molecule has 0 aromatic heterocycles. The van der Waals surface area contributed by atoms with Crippen LogP contribution < -0.4 is 15.4 Å². The minimum atomic E-state index is -1.98. The Kier molecular flexibility index (Phi) is 17.7. The molecule has 8 rings (SSSR count). The van der Waals surface area contributed by atoms with E-state index in [-0.39, 0.29) is 53.4 Å². The predicted molar refractivity (Wildman–Crippen MR) is 302 cm³/mol. The first kappa shape index (κ1) is 60.6. The van der Waals surface area contributed by atoms with Crippen LogP contribution in [0.1, 0.15) is 154 Å². The average molecular weight is 1120 g/mol. The summed E-state index contributed by atoms with van der Waals surface area (Å²) >= 11 is 6.08. The number of phenolic OH excluding ortho intramolecular Hbond substituents is 1. The molecule has 0 aliphatic carbocycles. The number of nitrogens with zero attached hydrogens (tertiary/aromatic N) is 1. The van der Waals surface area contributed by atoms with Crippen molar-refractivity contribution in [1.29, 1.82) is 0 Å². The monoisotopic (exact) mass is 1120 g/mol. The normalized spacial score (nSPS) is 38.9. The van der Waals surface area contributed by atoms with Crippen molar-refractivity contribution in [1.82, 2.24) is 10.2 Å². The molecule has 0 saturated carbocycles. The molecule has 19 atom stereocenters. The summed E-state index contributed by atoms with van der Waals surface area (Å²) in [7, 11) is 5.44. The lowest BCUT2D eigenvalue weighted by Gasteiger charge is -2.51. The zero-order chi connectivity index (χ0) is 58.0. The summed E-state index contributed by atoms with van der Waals surface area (Å²) in [6, 6.07) is 14.7. The third kappa shape index (κ3) is 11.7. The molecule has 7 N–H and O–H groups in total. The Labute approximate surface area is 472 Å². The molecule has 0 radical (unpaired) electrons. The summed E-state index contributed by atoms with van der Waals surface area (Å²) < 4.78 is 45.4. The van der Waals surface area contributed by atoms with Crippen LogP contribution in [0.25, 0.3) is 0 Å². The second-order valence-electron chi connectivity index (χ2n) is 25.0. The van der Waals surface area contributed by atoms with Crippen LogP contribution in [0.15, 0.2) is 54.6 Å². The van der Waals surface area contributed by atoms with Crippen LogP contribution in [0.3, 0.4) is 0 Å². The van der Waals surface area contributed by atoms with Gasteiger partial charge in [-0.1, -0.05) is 66.7 Å². The lowest BCUT2D eigenvalue weighted by atomic mass is 9.67. The highest BCUT2D eigenvalue weighted by Gasteiger charge is 2.56. The number of aromatic hydroxyl groups is 1. The molecule has 79 heavy (non-hydrogen) atoms. The van der Waals surface area contributed by atoms with Crippen molar-refractivity contribution in [2.45, 2.75) is 205 Å². The van der Waals surface area contributed by atoms with Gasteiger partial charge in [0.2, 0.25) is 0 Å². The molecule has 3 aromatic carbocycles. The Morgan fingerprint density at radius 1 is 0.861 bits per heavy atom. The molecule has 5 heterocycles. The number of esters is 2. The molecule has 17 nitrogen and oxygen atoms in total. The molecular weight excluding hydrogens is 1030 g/mol. The fraction of sp³-hybridized carbons (Fsp3) is 0.656. The van der Waals surface area contributed by atoms with Gasteiger partial charge in [0.1, 0.15) is 35.1 Å². The van der Waals surface area contributed by atoms with E-state index in [1.54, 1.807) is 53.0 Å². The minimum absolute atomic E-state index is 0.00487. The van der Waals surface area contributed by atoms with E-state index in [2.05, 4.69) is 24.5 Å². The second kappa shape index (κ2) is 23.1. The van der Waals surface area contributed by atoms with Crippen LogP contribution in [-0.4, -0.2) is 147 Å². The molecular formula is C61H87N3O14S. The van der Waals surface area contributed by atoms with Crippen molar-refractivity contribution in [3.05, 3.63) is 82.4 Å². The highest BCUT2D eigenvalue weighted by Crippen LogP contribution is 2.57. The fourth-order valence-corrected chi connectivity index (χ4v) is 14.2. The number of rotatable bonds is 9. The fourth-order valence-electron chi connectivity index (χ4n) is 14.0. The largest absolute Gasteiger partial charge is 0.508 e. The maximum absolute atomic E-state index is 14.8. The number of hydrogen-bond acceptors (Lipinski definition) is 16. The third-order valence-corrected chi connectivity index (χ3v) is 18.4. The van der Waals surface area contributed by atoms with Gasteiger partial charge in [-0.15, -0.1) is 0 Å². The average Bonchev–Trinajstić information content (AvgIpc) is 3.98. The molecule has 18 heteroatoms. The molecule has 5 aliphatic rings. The van der Waals surface area contributed by atoms with Crippen molar-refractivity contribution in [3.8, 4) is 17.2 Å². The van der Waals surface area contributed by atoms with Crippen molar-refractivity contribution in [2.75, 3.05) is 26.5 Å². The molecule has 3 aromatic rings. The number of nitrogens with one attached hydrogen (secondary N) is 2. The van der Waals surface area contributed by atoms with Gasteiger partial charge < -0.3 is 74.2 Å². The number of phenols is 1. The number of thiocarbonyl (C=S) groups is 1. The number of carbonyl (C=O) groups is 2. The summed E-state index contributed by atoms with van der Waals surface area (Å²) in [6.07, 6.45) is -5.50. The minimum Gasteiger partial charge on any atom is -0.508 e. The first-order valence-corrected chi connectivity index (χ1v) is 28.7. The van der Waals surface area contributed by atoms with Crippen molar-refractivity contribution < 1.29 is 68.3 Å². The Balaban J connectivity index is 1.16. The van der Waals surface area contributed by atoms with E-state index in [0.717, 1.165) is 5.56 Å². The van der Waals surface area contributed by atoms with Crippen molar-refractivity contribution >= 4 is 35.0 Å². The molecule has 3 saturated heterocycles. The maximum atomic E-state index is 14.8. The molecule has 5 aliphatic heterocycles. The van der Waals surface area contributed by atoms with Crippen LogP contribution in [0.5, 0.6) is 17.2 Å². The summed E-state index contributed by atoms with van der Waals surface area (Å²) in [5.74, 6) is -3.79. The van der Waals surface area contributed by atoms with Crippen LogP contribution in [-0.2, 0) is 38.8 Å². The number of cyclic esters (lactones) is 1. The molecule has 436 valence electrons. The molecule has 3 fully saturated rings. The van der Waals surface area contributed by atoms with E-state index in [4.69, 9.17) is 45.4 Å². The lowest BCUT2D eigenvalue weighted by molar-refractivity contribution is -0.301. The summed E-state index contributed by atoms with van der Waals surface area (Å²) in [4.78, 5) is 31.0. The Hall–Kier alpha value is -4.47. The van der Waals surface area contributed by atoms with Gasteiger partial charge in [0, 0.05) is 72.3 Å². The van der Waals surface area contributed by atoms with E-state index < -0.39 is 107 Å². The number of carbonyl (C=O) groups excluding carboxylic acids is 2. The Morgan fingerprint density at radius 3 is 2.16 bits per heavy atom. The van der Waals surface area contributed by atoms with Crippen LogP contribution in [0.2, 0.25) is 0 Å². The quantitative estimate of drug-likeness (QED) is 0.0790. The summed E-state index contributed by atoms with van der Waals surface area (Å²) in [5, 5.41) is 67.5. The number of aliphatic hydroxyl groups is 4. The van der Waals surface area contributed by atoms with Crippen LogP contribution in [0.4, 0.5) is 5.69 Å².